The van der Waals surface area contributed by atoms with Crippen molar-refractivity contribution in [3.63, 3.8) is 0 Å². The maximum Gasteiger partial charge on any atom is 0.364 e. The predicted octanol–water partition coefficient (Wildman–Crippen LogP) is 2.21. The second-order valence-corrected chi connectivity index (χ2v) is 5.57. The molecule has 7 nitrogen and oxygen atoms in total. The van der Waals surface area contributed by atoms with E-state index in [1.165, 1.54) is 11.0 Å². The molecule has 0 spiro atoms. The van der Waals surface area contributed by atoms with Crippen LogP contribution in [-0.4, -0.2) is 24.5 Å². The molecule has 0 aliphatic rings. The summed E-state index contributed by atoms with van der Waals surface area (Å²) in [6.07, 6.45) is 2.18. The van der Waals surface area contributed by atoms with Crippen molar-refractivity contribution in [2.24, 2.45) is 0 Å². The van der Waals surface area contributed by atoms with Crippen molar-refractivity contribution in [3.05, 3.63) is 57.9 Å². The zero-order chi connectivity index (χ0) is 16.6. The Balaban J connectivity index is 2.12. The van der Waals surface area contributed by atoms with Crippen LogP contribution in [0.2, 0.25) is 0 Å². The standard InChI is InChI=1S/C16H19N5O2/c1-5-14-18-19-15(23-14)12(4)21-16(22)17-9-20(21)13-8-10(2)6-7-11(13)3/h6-9,12H,5H2,1-4H3/t12-/m1/s1. The highest BCUT2D eigenvalue weighted by Gasteiger charge is 2.21. The summed E-state index contributed by atoms with van der Waals surface area (Å²) in [5.74, 6) is 0.953. The van der Waals surface area contributed by atoms with Crippen LogP contribution >= 0.6 is 0 Å². The Bertz CT molecular complexity index is 890. The molecule has 0 aliphatic carbocycles. The Morgan fingerprint density at radius 3 is 2.74 bits per heavy atom. The molecule has 0 radical (unpaired) electrons. The minimum atomic E-state index is -0.405. The summed E-state index contributed by atoms with van der Waals surface area (Å²) in [7, 11) is 0. The zero-order valence-electron chi connectivity index (χ0n) is 13.6. The molecule has 23 heavy (non-hydrogen) atoms. The lowest BCUT2D eigenvalue weighted by Gasteiger charge is -2.16. The van der Waals surface area contributed by atoms with Crippen molar-refractivity contribution in [2.45, 2.75) is 40.2 Å². The van der Waals surface area contributed by atoms with Gasteiger partial charge in [0.15, 0.2) is 0 Å². The molecule has 120 valence electrons. The van der Waals surface area contributed by atoms with Gasteiger partial charge in [-0.25, -0.2) is 14.2 Å². The SMILES string of the molecule is CCc1nnc([C@@H](C)n2c(=O)ncn2-c2cc(C)ccc2C)o1. The highest BCUT2D eigenvalue weighted by molar-refractivity contribution is 5.42. The topological polar surface area (TPSA) is 78.7 Å². The first kappa shape index (κ1) is 15.2. The zero-order valence-corrected chi connectivity index (χ0v) is 13.6. The van der Waals surface area contributed by atoms with Crippen LogP contribution in [0.1, 0.15) is 42.8 Å². The van der Waals surface area contributed by atoms with Crippen LogP contribution in [-0.2, 0) is 6.42 Å². The van der Waals surface area contributed by atoms with Gasteiger partial charge >= 0.3 is 5.69 Å². The van der Waals surface area contributed by atoms with Crippen molar-refractivity contribution in [1.82, 2.24) is 24.5 Å². The summed E-state index contributed by atoms with van der Waals surface area (Å²) in [6.45, 7) is 7.79. The molecule has 3 aromatic rings. The van der Waals surface area contributed by atoms with Crippen molar-refractivity contribution in [2.75, 3.05) is 0 Å². The fourth-order valence-corrected chi connectivity index (χ4v) is 2.49. The lowest BCUT2D eigenvalue weighted by molar-refractivity contribution is 0.370. The van der Waals surface area contributed by atoms with Crippen molar-refractivity contribution < 1.29 is 4.42 Å². The third kappa shape index (κ3) is 2.69. The van der Waals surface area contributed by atoms with Gasteiger partial charge < -0.3 is 4.42 Å². The monoisotopic (exact) mass is 313 g/mol. The second kappa shape index (κ2) is 5.83. The molecule has 2 aromatic heterocycles. The molecule has 2 heterocycles. The highest BCUT2D eigenvalue weighted by atomic mass is 16.4. The smallest absolute Gasteiger partial charge is 0.364 e. The quantitative estimate of drug-likeness (QED) is 0.738. The van der Waals surface area contributed by atoms with Gasteiger partial charge in [0.1, 0.15) is 12.4 Å². The number of rotatable bonds is 4. The lowest BCUT2D eigenvalue weighted by Crippen LogP contribution is -2.27. The molecule has 0 fully saturated rings. The Hall–Kier alpha value is -2.70. The average Bonchev–Trinajstić information content (AvgIpc) is 3.15. The Morgan fingerprint density at radius 1 is 1.26 bits per heavy atom. The minimum absolute atomic E-state index is 0.352. The first-order valence-electron chi connectivity index (χ1n) is 7.57. The molecule has 1 atom stereocenters. The highest BCUT2D eigenvalue weighted by Crippen LogP contribution is 2.20. The van der Waals surface area contributed by atoms with Gasteiger partial charge in [-0.2, -0.15) is 4.98 Å². The summed E-state index contributed by atoms with van der Waals surface area (Å²) in [5.41, 5.74) is 2.71. The maximum atomic E-state index is 12.2. The molecule has 0 aliphatic heterocycles. The number of aromatic nitrogens is 5. The van der Waals surface area contributed by atoms with Crippen molar-refractivity contribution in [1.29, 1.82) is 0 Å². The van der Waals surface area contributed by atoms with E-state index in [4.69, 9.17) is 4.42 Å². The predicted molar refractivity (Wildman–Crippen MR) is 84.8 cm³/mol. The molecular formula is C16H19N5O2. The fraction of sp³-hybridized carbons (Fsp3) is 0.375. The third-order valence-corrected chi connectivity index (χ3v) is 3.83. The number of hydrogen-bond donors (Lipinski definition) is 0. The number of aryl methyl sites for hydroxylation is 3. The number of hydrogen-bond acceptors (Lipinski definition) is 5. The van der Waals surface area contributed by atoms with Gasteiger partial charge in [0.25, 0.3) is 0 Å². The van der Waals surface area contributed by atoms with Crippen LogP contribution in [0.3, 0.4) is 0 Å². The van der Waals surface area contributed by atoms with Crippen molar-refractivity contribution >= 4 is 0 Å². The summed E-state index contributed by atoms with van der Waals surface area (Å²) < 4.78 is 8.86. The summed E-state index contributed by atoms with van der Waals surface area (Å²) in [4.78, 5) is 16.2. The first-order chi connectivity index (χ1) is 11.0. The third-order valence-electron chi connectivity index (χ3n) is 3.83. The van der Waals surface area contributed by atoms with E-state index in [1.54, 1.807) is 4.68 Å². The Kier molecular flexibility index (Phi) is 3.85. The Labute approximate surface area is 133 Å². The van der Waals surface area contributed by atoms with Gasteiger partial charge in [0.2, 0.25) is 11.8 Å². The molecule has 0 saturated heterocycles. The fourth-order valence-electron chi connectivity index (χ4n) is 2.49. The van der Waals surface area contributed by atoms with E-state index >= 15 is 0 Å². The van der Waals surface area contributed by atoms with E-state index in [1.807, 2.05) is 45.9 Å². The van der Waals surface area contributed by atoms with E-state index < -0.39 is 6.04 Å². The van der Waals surface area contributed by atoms with Gasteiger partial charge in [-0.3, -0.25) is 0 Å². The van der Waals surface area contributed by atoms with E-state index in [0.717, 1.165) is 16.8 Å². The lowest BCUT2D eigenvalue weighted by atomic mass is 10.1. The molecule has 3 rings (SSSR count). The van der Waals surface area contributed by atoms with E-state index in [2.05, 4.69) is 15.2 Å². The number of nitrogens with zero attached hydrogens (tertiary/aromatic N) is 5. The van der Waals surface area contributed by atoms with E-state index in [0.29, 0.717) is 18.2 Å². The van der Waals surface area contributed by atoms with Gasteiger partial charge in [-0.05, 0) is 38.0 Å². The first-order valence-corrected chi connectivity index (χ1v) is 7.57. The second-order valence-electron chi connectivity index (χ2n) is 5.57. The molecule has 0 bridgehead atoms. The normalized spacial score (nSPS) is 12.5. The van der Waals surface area contributed by atoms with Gasteiger partial charge in [0, 0.05) is 6.42 Å². The van der Waals surface area contributed by atoms with Crippen LogP contribution in [0.25, 0.3) is 5.69 Å². The Morgan fingerprint density at radius 2 is 2.04 bits per heavy atom. The van der Waals surface area contributed by atoms with Crippen molar-refractivity contribution in [3.8, 4) is 5.69 Å². The minimum Gasteiger partial charge on any atom is -0.423 e. The van der Waals surface area contributed by atoms with Gasteiger partial charge in [-0.1, -0.05) is 19.1 Å². The average molecular weight is 313 g/mol. The molecule has 0 unspecified atom stereocenters. The van der Waals surface area contributed by atoms with Crippen LogP contribution in [0.15, 0.2) is 33.7 Å². The molecule has 0 amide bonds. The summed E-state index contributed by atoms with van der Waals surface area (Å²) in [6, 6.07) is 5.67. The molecule has 0 N–H and O–H groups in total. The van der Waals surface area contributed by atoms with Crippen LogP contribution in [0.5, 0.6) is 0 Å². The molecule has 1 aromatic carbocycles. The van der Waals surface area contributed by atoms with E-state index in [-0.39, 0.29) is 5.69 Å². The van der Waals surface area contributed by atoms with E-state index in [9.17, 15) is 4.79 Å². The van der Waals surface area contributed by atoms with Crippen LogP contribution in [0.4, 0.5) is 0 Å². The number of benzene rings is 1. The van der Waals surface area contributed by atoms with Gasteiger partial charge in [0.05, 0.1) is 5.69 Å². The van der Waals surface area contributed by atoms with Gasteiger partial charge in [-0.15, -0.1) is 10.2 Å². The summed E-state index contributed by atoms with van der Waals surface area (Å²) in [5, 5.41) is 8.01. The maximum absolute atomic E-state index is 12.2. The molecule has 7 heteroatoms. The van der Waals surface area contributed by atoms with Crippen LogP contribution in [0, 0.1) is 13.8 Å². The molecular weight excluding hydrogens is 294 g/mol. The van der Waals surface area contributed by atoms with Crippen LogP contribution < -0.4 is 5.69 Å². The largest absolute Gasteiger partial charge is 0.423 e. The summed E-state index contributed by atoms with van der Waals surface area (Å²) >= 11 is 0. The molecule has 0 saturated carbocycles.